The van der Waals surface area contributed by atoms with E-state index in [4.69, 9.17) is 11.6 Å². The molecule has 140 valence electrons. The zero-order chi connectivity index (χ0) is 19.8. The monoisotopic (exact) mass is 397 g/mol. The van der Waals surface area contributed by atoms with E-state index >= 15 is 0 Å². The molecule has 1 N–H and O–H groups in total. The zero-order valence-corrected chi connectivity index (χ0v) is 14.6. The second-order valence-electron chi connectivity index (χ2n) is 5.71. The number of aromatic nitrogens is 2. The van der Waals surface area contributed by atoms with Gasteiger partial charge in [0.1, 0.15) is 5.82 Å². The van der Waals surface area contributed by atoms with E-state index in [0.717, 1.165) is 18.3 Å². The number of nitrogens with zero attached hydrogens (tertiary/aromatic N) is 2. The second kappa shape index (κ2) is 7.03. The molecule has 27 heavy (non-hydrogen) atoms. The SMILES string of the molecule is Cc1cc(F)ccc1NC(=O)c1cnn(-c2cccc(Cl)c2)c1C(F)(F)F. The lowest BCUT2D eigenvalue weighted by molar-refractivity contribution is -0.143. The molecule has 0 unspecified atom stereocenters. The highest BCUT2D eigenvalue weighted by Gasteiger charge is 2.40. The van der Waals surface area contributed by atoms with Crippen molar-refractivity contribution >= 4 is 23.2 Å². The molecule has 0 aliphatic rings. The van der Waals surface area contributed by atoms with Crippen LogP contribution in [0, 0.1) is 12.7 Å². The highest BCUT2D eigenvalue weighted by Crippen LogP contribution is 2.34. The van der Waals surface area contributed by atoms with Crippen LogP contribution in [0.15, 0.2) is 48.7 Å². The van der Waals surface area contributed by atoms with Crippen LogP contribution in [0.4, 0.5) is 23.2 Å². The van der Waals surface area contributed by atoms with Crippen molar-refractivity contribution in [1.29, 1.82) is 0 Å². The standard InChI is InChI=1S/C18H12ClF4N3O/c1-10-7-12(20)5-6-15(10)25-17(27)14-9-24-26(16(14)18(21,22)23)13-4-2-3-11(19)8-13/h2-9H,1H3,(H,25,27). The molecule has 0 aliphatic carbocycles. The van der Waals surface area contributed by atoms with Gasteiger partial charge in [0.15, 0.2) is 5.69 Å². The maximum atomic E-state index is 13.6. The molecular weight excluding hydrogens is 386 g/mol. The summed E-state index contributed by atoms with van der Waals surface area (Å²) in [7, 11) is 0. The molecule has 1 amide bonds. The van der Waals surface area contributed by atoms with Crippen LogP contribution in [0.25, 0.3) is 5.69 Å². The zero-order valence-electron chi connectivity index (χ0n) is 13.8. The lowest BCUT2D eigenvalue weighted by atomic mass is 10.1. The van der Waals surface area contributed by atoms with Crippen LogP contribution in [0.3, 0.4) is 0 Å². The minimum atomic E-state index is -4.84. The van der Waals surface area contributed by atoms with Gasteiger partial charge < -0.3 is 5.32 Å². The normalized spacial score (nSPS) is 11.5. The van der Waals surface area contributed by atoms with Crippen molar-refractivity contribution in [2.24, 2.45) is 0 Å². The van der Waals surface area contributed by atoms with Crippen molar-refractivity contribution in [3.05, 3.63) is 76.3 Å². The number of hydrogen-bond donors (Lipinski definition) is 1. The third kappa shape index (κ3) is 3.95. The summed E-state index contributed by atoms with van der Waals surface area (Å²) >= 11 is 5.84. The van der Waals surface area contributed by atoms with E-state index in [1.165, 1.54) is 37.3 Å². The largest absolute Gasteiger partial charge is 0.434 e. The number of hydrogen-bond acceptors (Lipinski definition) is 2. The van der Waals surface area contributed by atoms with E-state index in [1.54, 1.807) is 0 Å². The van der Waals surface area contributed by atoms with Crippen LogP contribution >= 0.6 is 11.6 Å². The Bertz CT molecular complexity index is 1010. The number of halogens is 5. The highest BCUT2D eigenvalue weighted by atomic mass is 35.5. The third-order valence-electron chi connectivity index (χ3n) is 3.77. The van der Waals surface area contributed by atoms with Crippen LogP contribution in [0.2, 0.25) is 5.02 Å². The Labute approximate surface area is 156 Å². The molecule has 2 aromatic carbocycles. The van der Waals surface area contributed by atoms with Crippen LogP contribution in [-0.2, 0) is 6.18 Å². The number of carbonyl (C=O) groups is 1. The lowest BCUT2D eigenvalue weighted by Gasteiger charge is -2.13. The molecule has 3 rings (SSSR count). The highest BCUT2D eigenvalue weighted by molar-refractivity contribution is 6.30. The number of amides is 1. The molecule has 9 heteroatoms. The van der Waals surface area contributed by atoms with E-state index in [9.17, 15) is 22.4 Å². The van der Waals surface area contributed by atoms with E-state index in [0.29, 0.717) is 10.2 Å². The van der Waals surface area contributed by atoms with Crippen LogP contribution < -0.4 is 5.32 Å². The molecule has 3 aromatic rings. The Hall–Kier alpha value is -2.87. The summed E-state index contributed by atoms with van der Waals surface area (Å²) in [5, 5.41) is 6.29. The van der Waals surface area contributed by atoms with Gasteiger partial charge in [0.05, 0.1) is 17.4 Å². The average Bonchev–Trinajstić information content (AvgIpc) is 3.03. The van der Waals surface area contributed by atoms with Crippen LogP contribution in [0.5, 0.6) is 0 Å². The first-order valence-electron chi connectivity index (χ1n) is 7.65. The first-order chi connectivity index (χ1) is 12.7. The average molecular weight is 398 g/mol. The van der Waals surface area contributed by atoms with Crippen molar-refractivity contribution in [2.45, 2.75) is 13.1 Å². The minimum Gasteiger partial charge on any atom is -0.322 e. The van der Waals surface area contributed by atoms with Crippen LogP contribution in [-0.4, -0.2) is 15.7 Å². The quantitative estimate of drug-likeness (QED) is 0.614. The van der Waals surface area contributed by atoms with Gasteiger partial charge in [-0.3, -0.25) is 4.79 Å². The Balaban J connectivity index is 2.04. The summed E-state index contributed by atoms with van der Waals surface area (Å²) < 4.78 is 54.7. The van der Waals surface area contributed by atoms with E-state index in [2.05, 4.69) is 10.4 Å². The van der Waals surface area contributed by atoms with Gasteiger partial charge in [0.25, 0.3) is 5.91 Å². The van der Waals surface area contributed by atoms with Gasteiger partial charge >= 0.3 is 6.18 Å². The summed E-state index contributed by atoms with van der Waals surface area (Å²) in [6, 6.07) is 9.21. The second-order valence-corrected chi connectivity index (χ2v) is 6.15. The number of benzene rings is 2. The van der Waals surface area contributed by atoms with Crippen molar-refractivity contribution in [3.63, 3.8) is 0 Å². The number of anilines is 1. The fourth-order valence-electron chi connectivity index (χ4n) is 2.55. The summed E-state index contributed by atoms with van der Waals surface area (Å²) in [6.07, 6.45) is -4.01. The van der Waals surface area contributed by atoms with Gasteiger partial charge in [-0.1, -0.05) is 17.7 Å². The number of nitrogens with one attached hydrogen (secondary N) is 1. The van der Waals surface area contributed by atoms with Gasteiger partial charge in [-0.2, -0.15) is 18.3 Å². The van der Waals surface area contributed by atoms with Gasteiger partial charge in [0, 0.05) is 10.7 Å². The molecule has 0 saturated heterocycles. The minimum absolute atomic E-state index is 0.0619. The van der Waals surface area contributed by atoms with Crippen molar-refractivity contribution < 1.29 is 22.4 Å². The topological polar surface area (TPSA) is 46.9 Å². The Morgan fingerprint density at radius 3 is 2.56 bits per heavy atom. The third-order valence-corrected chi connectivity index (χ3v) is 4.01. The maximum absolute atomic E-state index is 13.6. The van der Waals surface area contributed by atoms with E-state index < -0.39 is 29.2 Å². The van der Waals surface area contributed by atoms with Gasteiger partial charge in [-0.05, 0) is 48.9 Å². The number of carbonyl (C=O) groups excluding carboxylic acids is 1. The van der Waals surface area contributed by atoms with Crippen molar-refractivity contribution in [3.8, 4) is 5.69 Å². The summed E-state index contributed by atoms with van der Waals surface area (Å²) in [4.78, 5) is 12.4. The first-order valence-corrected chi connectivity index (χ1v) is 8.03. The molecule has 1 heterocycles. The molecule has 1 aromatic heterocycles. The molecule has 0 aliphatic heterocycles. The summed E-state index contributed by atoms with van der Waals surface area (Å²) in [5.74, 6) is -1.53. The Kier molecular flexibility index (Phi) is 4.93. The van der Waals surface area contributed by atoms with Crippen molar-refractivity contribution in [1.82, 2.24) is 9.78 Å². The fraction of sp³-hybridized carbons (Fsp3) is 0.111. The predicted octanol–water partition coefficient (Wildman–Crippen LogP) is 5.24. The maximum Gasteiger partial charge on any atom is 0.434 e. The molecule has 0 saturated carbocycles. The number of rotatable bonds is 3. The molecule has 0 atom stereocenters. The first kappa shape index (κ1) is 18.9. The number of aryl methyl sites for hydroxylation is 1. The molecule has 0 spiro atoms. The molecule has 0 radical (unpaired) electrons. The molecule has 4 nitrogen and oxygen atoms in total. The summed E-state index contributed by atoms with van der Waals surface area (Å²) in [5.41, 5.74) is -1.26. The molecular formula is C18H12ClF4N3O. The van der Waals surface area contributed by atoms with E-state index in [1.807, 2.05) is 0 Å². The van der Waals surface area contributed by atoms with Gasteiger partial charge in [-0.25, -0.2) is 9.07 Å². The predicted molar refractivity (Wildman–Crippen MR) is 92.7 cm³/mol. The Morgan fingerprint density at radius 2 is 1.93 bits per heavy atom. The van der Waals surface area contributed by atoms with Crippen molar-refractivity contribution in [2.75, 3.05) is 5.32 Å². The van der Waals surface area contributed by atoms with Gasteiger partial charge in [0.2, 0.25) is 0 Å². The lowest BCUT2D eigenvalue weighted by Crippen LogP contribution is -2.21. The van der Waals surface area contributed by atoms with E-state index in [-0.39, 0.29) is 16.4 Å². The smallest absolute Gasteiger partial charge is 0.322 e. The fourth-order valence-corrected chi connectivity index (χ4v) is 2.73. The van der Waals surface area contributed by atoms with Gasteiger partial charge in [-0.15, -0.1) is 0 Å². The Morgan fingerprint density at radius 1 is 1.19 bits per heavy atom. The number of alkyl halides is 3. The van der Waals surface area contributed by atoms with Crippen LogP contribution in [0.1, 0.15) is 21.6 Å². The molecule has 0 fully saturated rings. The molecule has 0 bridgehead atoms. The summed E-state index contributed by atoms with van der Waals surface area (Å²) in [6.45, 7) is 1.53.